The van der Waals surface area contributed by atoms with Gasteiger partial charge in [-0.3, -0.25) is 9.59 Å². The fraction of sp³-hybridized carbons (Fsp3) is 0.318. The summed E-state index contributed by atoms with van der Waals surface area (Å²) in [5, 5.41) is 13.9. The third-order valence-electron chi connectivity index (χ3n) is 5.27. The van der Waals surface area contributed by atoms with Crippen molar-refractivity contribution in [3.8, 4) is 11.1 Å². The Balaban J connectivity index is 1.53. The summed E-state index contributed by atoms with van der Waals surface area (Å²) < 4.78 is 5.36. The van der Waals surface area contributed by atoms with Gasteiger partial charge in [-0.25, -0.2) is 4.79 Å². The second kappa shape index (κ2) is 8.77. The van der Waals surface area contributed by atoms with Crippen LogP contribution in [0.5, 0.6) is 0 Å². The summed E-state index contributed by atoms with van der Waals surface area (Å²) in [5.41, 5.74) is 4.49. The summed E-state index contributed by atoms with van der Waals surface area (Å²) in [7, 11) is 0. The molecule has 1 aliphatic carbocycles. The molecule has 2 atom stereocenters. The van der Waals surface area contributed by atoms with E-state index < -0.39 is 29.9 Å². The Labute approximate surface area is 169 Å². The molecule has 2 amide bonds. The Morgan fingerprint density at radius 3 is 2.10 bits per heavy atom. The van der Waals surface area contributed by atoms with Crippen LogP contribution in [0.3, 0.4) is 0 Å². The number of nitrogens with one attached hydrogen (secondary N) is 2. The molecule has 0 heterocycles. The summed E-state index contributed by atoms with van der Waals surface area (Å²) in [6, 6.07) is 15.5. The maximum Gasteiger partial charge on any atom is 0.407 e. The van der Waals surface area contributed by atoms with E-state index in [-0.39, 0.29) is 19.1 Å². The lowest BCUT2D eigenvalue weighted by Crippen LogP contribution is -2.45. The Bertz CT molecular complexity index is 881. The molecule has 152 valence electrons. The van der Waals surface area contributed by atoms with Crippen molar-refractivity contribution in [1.82, 2.24) is 10.6 Å². The van der Waals surface area contributed by atoms with E-state index in [0.717, 1.165) is 22.3 Å². The molecule has 29 heavy (non-hydrogen) atoms. The van der Waals surface area contributed by atoms with Crippen LogP contribution >= 0.6 is 0 Å². The summed E-state index contributed by atoms with van der Waals surface area (Å²) >= 11 is 0. The fourth-order valence-electron chi connectivity index (χ4n) is 3.45. The van der Waals surface area contributed by atoms with Crippen LogP contribution in [0.15, 0.2) is 48.5 Å². The van der Waals surface area contributed by atoms with Crippen molar-refractivity contribution in [1.29, 1.82) is 0 Å². The third kappa shape index (κ3) is 4.56. The van der Waals surface area contributed by atoms with Crippen molar-refractivity contribution in [3.63, 3.8) is 0 Å². The number of carbonyl (C=O) groups excluding carboxylic acids is 2. The molecule has 2 unspecified atom stereocenters. The minimum atomic E-state index is -0.998. The lowest BCUT2D eigenvalue weighted by molar-refractivity contribution is -0.142. The van der Waals surface area contributed by atoms with Gasteiger partial charge in [0.1, 0.15) is 13.2 Å². The molecule has 0 saturated heterocycles. The topological polar surface area (TPSA) is 105 Å². The highest BCUT2D eigenvalue weighted by Crippen LogP contribution is 2.44. The van der Waals surface area contributed by atoms with E-state index in [1.807, 2.05) is 36.4 Å². The number of carboxylic acid groups (broad SMARTS) is 1. The van der Waals surface area contributed by atoms with Crippen molar-refractivity contribution in [2.75, 3.05) is 13.2 Å². The molecule has 3 rings (SSSR count). The van der Waals surface area contributed by atoms with Gasteiger partial charge in [-0.15, -0.1) is 0 Å². The smallest absolute Gasteiger partial charge is 0.407 e. The van der Waals surface area contributed by atoms with Gasteiger partial charge >= 0.3 is 12.1 Å². The monoisotopic (exact) mass is 396 g/mol. The molecular weight excluding hydrogens is 372 g/mol. The first-order valence-corrected chi connectivity index (χ1v) is 9.49. The number of hydrogen-bond acceptors (Lipinski definition) is 4. The highest BCUT2D eigenvalue weighted by Gasteiger charge is 2.29. The van der Waals surface area contributed by atoms with E-state index in [4.69, 9.17) is 9.84 Å². The van der Waals surface area contributed by atoms with Gasteiger partial charge in [-0.1, -0.05) is 48.5 Å². The second-order valence-electron chi connectivity index (χ2n) is 7.16. The number of rotatable bonds is 7. The molecule has 7 nitrogen and oxygen atoms in total. The molecule has 0 fully saturated rings. The predicted octanol–water partition coefficient (Wildman–Crippen LogP) is 2.75. The Morgan fingerprint density at radius 1 is 1.00 bits per heavy atom. The zero-order chi connectivity index (χ0) is 21.0. The molecule has 0 spiro atoms. The van der Waals surface area contributed by atoms with Crippen LogP contribution in [-0.2, 0) is 14.3 Å². The Kier molecular flexibility index (Phi) is 6.16. The van der Waals surface area contributed by atoms with Crippen molar-refractivity contribution in [2.24, 2.45) is 5.92 Å². The highest BCUT2D eigenvalue weighted by atomic mass is 16.5. The van der Waals surface area contributed by atoms with E-state index in [1.54, 1.807) is 6.92 Å². The maximum atomic E-state index is 12.0. The summed E-state index contributed by atoms with van der Waals surface area (Å²) in [6.45, 7) is 2.98. The van der Waals surface area contributed by atoms with Crippen LogP contribution < -0.4 is 10.6 Å². The number of amides is 2. The molecule has 2 aromatic rings. The zero-order valence-electron chi connectivity index (χ0n) is 16.3. The molecule has 0 aromatic heterocycles. The van der Waals surface area contributed by atoms with Crippen molar-refractivity contribution >= 4 is 18.0 Å². The number of benzene rings is 2. The number of aliphatic carboxylic acids is 1. The summed E-state index contributed by atoms with van der Waals surface area (Å²) in [6.07, 6.45) is -0.694. The van der Waals surface area contributed by atoms with Crippen LogP contribution in [0.1, 0.15) is 30.9 Å². The van der Waals surface area contributed by atoms with Gasteiger partial charge in [-0.2, -0.15) is 0 Å². The fourth-order valence-corrected chi connectivity index (χ4v) is 3.45. The highest BCUT2D eigenvalue weighted by molar-refractivity contribution is 5.83. The molecule has 0 bridgehead atoms. The molecule has 7 heteroatoms. The van der Waals surface area contributed by atoms with E-state index in [0.29, 0.717) is 0 Å². The molecule has 0 aliphatic heterocycles. The average molecular weight is 396 g/mol. The first-order chi connectivity index (χ1) is 13.9. The number of carboxylic acids is 1. The van der Waals surface area contributed by atoms with Gasteiger partial charge in [0.2, 0.25) is 5.91 Å². The first kappa shape index (κ1) is 20.4. The standard InChI is InChI=1S/C22H24N2O5/c1-13(21(26)27)14(2)24-20(25)11-23-22(28)29-12-19-17-9-5-3-7-15(17)16-8-4-6-10-18(16)19/h3-10,13-14,19H,11-12H2,1-2H3,(H,23,28)(H,24,25)(H,26,27). The van der Waals surface area contributed by atoms with Gasteiger partial charge in [-0.05, 0) is 36.1 Å². The lowest BCUT2D eigenvalue weighted by Gasteiger charge is -2.18. The van der Waals surface area contributed by atoms with Crippen LogP contribution in [0, 0.1) is 5.92 Å². The number of alkyl carbamates (subject to hydrolysis) is 1. The van der Waals surface area contributed by atoms with Gasteiger partial charge < -0.3 is 20.5 Å². The minimum Gasteiger partial charge on any atom is -0.481 e. The number of hydrogen-bond donors (Lipinski definition) is 3. The van der Waals surface area contributed by atoms with Crippen molar-refractivity contribution in [3.05, 3.63) is 59.7 Å². The minimum absolute atomic E-state index is 0.0570. The number of ether oxygens (including phenoxy) is 1. The second-order valence-corrected chi connectivity index (χ2v) is 7.16. The molecule has 1 aliphatic rings. The van der Waals surface area contributed by atoms with Crippen LogP contribution in [0.25, 0.3) is 11.1 Å². The Morgan fingerprint density at radius 2 is 1.55 bits per heavy atom. The SMILES string of the molecule is CC(NC(=O)CNC(=O)OCC1c2ccccc2-c2ccccc21)C(C)C(=O)O. The first-order valence-electron chi connectivity index (χ1n) is 9.49. The normalized spacial score (nSPS) is 14.3. The number of carbonyl (C=O) groups is 3. The van der Waals surface area contributed by atoms with Gasteiger partial charge in [0.15, 0.2) is 0 Å². The quantitative estimate of drug-likeness (QED) is 0.668. The zero-order valence-corrected chi connectivity index (χ0v) is 16.3. The molecular formula is C22H24N2O5. The van der Waals surface area contributed by atoms with Crippen LogP contribution in [0.2, 0.25) is 0 Å². The summed E-state index contributed by atoms with van der Waals surface area (Å²) in [5.74, 6) is -2.26. The summed E-state index contributed by atoms with van der Waals surface area (Å²) in [4.78, 5) is 34.9. The molecule has 3 N–H and O–H groups in total. The van der Waals surface area contributed by atoms with Crippen LogP contribution in [-0.4, -0.2) is 42.3 Å². The van der Waals surface area contributed by atoms with E-state index in [1.165, 1.54) is 6.92 Å². The lowest BCUT2D eigenvalue weighted by atomic mass is 9.98. The molecule has 0 saturated carbocycles. The molecule has 2 aromatic carbocycles. The van der Waals surface area contributed by atoms with E-state index >= 15 is 0 Å². The maximum absolute atomic E-state index is 12.0. The largest absolute Gasteiger partial charge is 0.481 e. The van der Waals surface area contributed by atoms with Gasteiger partial charge in [0.05, 0.1) is 5.92 Å². The average Bonchev–Trinajstić information content (AvgIpc) is 3.04. The van der Waals surface area contributed by atoms with Crippen molar-refractivity contribution in [2.45, 2.75) is 25.8 Å². The van der Waals surface area contributed by atoms with Gasteiger partial charge in [0, 0.05) is 12.0 Å². The third-order valence-corrected chi connectivity index (χ3v) is 5.27. The molecule has 0 radical (unpaired) electrons. The number of fused-ring (bicyclic) bond motifs is 3. The predicted molar refractivity (Wildman–Crippen MR) is 107 cm³/mol. The van der Waals surface area contributed by atoms with E-state index in [9.17, 15) is 14.4 Å². The van der Waals surface area contributed by atoms with E-state index in [2.05, 4.69) is 22.8 Å². The Hall–Kier alpha value is -3.35. The van der Waals surface area contributed by atoms with Crippen molar-refractivity contribution < 1.29 is 24.2 Å². The van der Waals surface area contributed by atoms with Crippen LogP contribution in [0.4, 0.5) is 4.79 Å². The van der Waals surface area contributed by atoms with Gasteiger partial charge in [0.25, 0.3) is 0 Å².